The molecule has 0 aliphatic carbocycles. The molecule has 1 N–H and O–H groups in total. The van der Waals surface area contributed by atoms with Crippen LogP contribution in [-0.2, 0) is 6.54 Å². The Hall–Kier alpha value is -1.26. The van der Waals surface area contributed by atoms with E-state index < -0.39 is 0 Å². The first-order chi connectivity index (χ1) is 9.66. The summed E-state index contributed by atoms with van der Waals surface area (Å²) in [5.41, 5.74) is 1.24. The third-order valence-corrected chi connectivity index (χ3v) is 3.76. The molecule has 0 atom stereocenters. The lowest BCUT2D eigenvalue weighted by atomic mass is 10.2. The Bertz CT molecular complexity index is 421. The number of fused-ring (bicyclic) bond motifs is 1. The van der Waals surface area contributed by atoms with Crippen molar-refractivity contribution in [2.24, 2.45) is 0 Å². The summed E-state index contributed by atoms with van der Waals surface area (Å²) in [6, 6.07) is 6.77. The van der Waals surface area contributed by atoms with Crippen LogP contribution in [0.1, 0.15) is 32.3 Å². The van der Waals surface area contributed by atoms with Gasteiger partial charge in [-0.1, -0.05) is 6.07 Å². The Morgan fingerprint density at radius 1 is 1.20 bits per heavy atom. The maximum absolute atomic E-state index is 5.38. The molecule has 1 aromatic rings. The smallest absolute Gasteiger partial charge is 0.231 e. The highest BCUT2D eigenvalue weighted by Gasteiger charge is 2.12. The normalized spacial score (nSPS) is 13.4. The molecular weight excluding hydrogens is 252 g/mol. The molecule has 1 aliphatic rings. The van der Waals surface area contributed by atoms with E-state index in [1.807, 2.05) is 6.07 Å². The van der Waals surface area contributed by atoms with Gasteiger partial charge in [0.15, 0.2) is 11.5 Å². The van der Waals surface area contributed by atoms with E-state index >= 15 is 0 Å². The molecule has 0 fully saturated rings. The predicted octanol–water partition coefficient (Wildman–Crippen LogP) is 2.63. The zero-order valence-corrected chi connectivity index (χ0v) is 12.8. The lowest BCUT2D eigenvalue weighted by molar-refractivity contribution is 0.174. The van der Waals surface area contributed by atoms with Gasteiger partial charge in [0.05, 0.1) is 0 Å². The summed E-state index contributed by atoms with van der Waals surface area (Å²) in [5, 5.41) is 3.48. The molecule has 0 radical (unpaired) electrons. The van der Waals surface area contributed by atoms with Crippen LogP contribution in [-0.4, -0.2) is 37.9 Å². The highest BCUT2D eigenvalue weighted by atomic mass is 16.7. The van der Waals surface area contributed by atoms with Crippen molar-refractivity contribution in [3.8, 4) is 11.5 Å². The minimum absolute atomic E-state index is 0.343. The number of hydrogen-bond acceptors (Lipinski definition) is 4. The summed E-state index contributed by atoms with van der Waals surface area (Å²) in [6.45, 7) is 7.92. The SMILES string of the molecule is CC(C)N(C)CCCCNCc1ccc2c(c1)OCO2. The van der Waals surface area contributed by atoms with Gasteiger partial charge in [0, 0.05) is 12.6 Å². The van der Waals surface area contributed by atoms with Gasteiger partial charge >= 0.3 is 0 Å². The van der Waals surface area contributed by atoms with E-state index in [1.54, 1.807) is 0 Å². The zero-order valence-electron chi connectivity index (χ0n) is 12.8. The molecule has 0 spiro atoms. The molecule has 0 bridgehead atoms. The Morgan fingerprint density at radius 3 is 2.80 bits per heavy atom. The molecule has 0 saturated heterocycles. The van der Waals surface area contributed by atoms with E-state index in [1.165, 1.54) is 24.9 Å². The number of nitrogens with zero attached hydrogens (tertiary/aromatic N) is 1. The molecule has 0 amide bonds. The first-order valence-electron chi connectivity index (χ1n) is 7.46. The van der Waals surface area contributed by atoms with Crippen molar-refractivity contribution in [2.45, 2.75) is 39.3 Å². The number of benzene rings is 1. The number of unbranched alkanes of at least 4 members (excludes halogenated alkanes) is 1. The Morgan fingerprint density at radius 2 is 2.00 bits per heavy atom. The minimum atomic E-state index is 0.343. The lowest BCUT2D eigenvalue weighted by Crippen LogP contribution is -2.27. The van der Waals surface area contributed by atoms with E-state index in [4.69, 9.17) is 9.47 Å². The maximum Gasteiger partial charge on any atom is 0.231 e. The van der Waals surface area contributed by atoms with Crippen molar-refractivity contribution in [3.63, 3.8) is 0 Å². The fraction of sp³-hybridized carbons (Fsp3) is 0.625. The number of ether oxygens (including phenoxy) is 2. The molecule has 0 unspecified atom stereocenters. The van der Waals surface area contributed by atoms with E-state index in [2.05, 4.69) is 43.2 Å². The summed E-state index contributed by atoms with van der Waals surface area (Å²) >= 11 is 0. The molecule has 4 nitrogen and oxygen atoms in total. The summed E-state index contributed by atoms with van der Waals surface area (Å²) < 4.78 is 10.7. The van der Waals surface area contributed by atoms with Gasteiger partial charge in [-0.25, -0.2) is 0 Å². The monoisotopic (exact) mass is 278 g/mol. The van der Waals surface area contributed by atoms with Crippen LogP contribution in [0.15, 0.2) is 18.2 Å². The van der Waals surface area contributed by atoms with Gasteiger partial charge < -0.3 is 19.7 Å². The maximum atomic E-state index is 5.38. The summed E-state index contributed by atoms with van der Waals surface area (Å²) in [7, 11) is 2.19. The van der Waals surface area contributed by atoms with E-state index in [9.17, 15) is 0 Å². The summed E-state index contributed by atoms with van der Waals surface area (Å²) in [6.07, 6.45) is 2.45. The van der Waals surface area contributed by atoms with Gasteiger partial charge in [0.1, 0.15) is 0 Å². The largest absolute Gasteiger partial charge is 0.454 e. The average molecular weight is 278 g/mol. The standard InChI is InChI=1S/C16H26N2O2/c1-13(2)18(3)9-5-4-8-17-11-14-6-7-15-16(10-14)20-12-19-15/h6-7,10,13,17H,4-5,8-9,11-12H2,1-3H3. The van der Waals surface area contributed by atoms with Crippen molar-refractivity contribution in [2.75, 3.05) is 26.9 Å². The van der Waals surface area contributed by atoms with Gasteiger partial charge in [0.25, 0.3) is 0 Å². The molecule has 1 aliphatic heterocycles. The van der Waals surface area contributed by atoms with Crippen LogP contribution in [0.3, 0.4) is 0 Å². The van der Waals surface area contributed by atoms with Crippen LogP contribution in [0.25, 0.3) is 0 Å². The van der Waals surface area contributed by atoms with Gasteiger partial charge in [0.2, 0.25) is 6.79 Å². The summed E-state index contributed by atoms with van der Waals surface area (Å²) in [5.74, 6) is 1.72. The molecule has 0 saturated carbocycles. The highest BCUT2D eigenvalue weighted by Crippen LogP contribution is 2.32. The fourth-order valence-corrected chi connectivity index (χ4v) is 2.15. The molecule has 2 rings (SSSR count). The molecule has 112 valence electrons. The average Bonchev–Trinajstić information content (AvgIpc) is 2.89. The predicted molar refractivity (Wildman–Crippen MR) is 81.3 cm³/mol. The first-order valence-corrected chi connectivity index (χ1v) is 7.46. The molecule has 1 heterocycles. The number of hydrogen-bond donors (Lipinski definition) is 1. The van der Waals surface area contributed by atoms with Crippen molar-refractivity contribution >= 4 is 0 Å². The van der Waals surface area contributed by atoms with E-state index in [0.29, 0.717) is 12.8 Å². The van der Waals surface area contributed by atoms with Crippen molar-refractivity contribution < 1.29 is 9.47 Å². The zero-order chi connectivity index (χ0) is 14.4. The number of nitrogens with one attached hydrogen (secondary N) is 1. The molecule has 1 aromatic carbocycles. The fourth-order valence-electron chi connectivity index (χ4n) is 2.15. The van der Waals surface area contributed by atoms with E-state index in [0.717, 1.165) is 24.6 Å². The second-order valence-corrected chi connectivity index (χ2v) is 5.65. The Labute approximate surface area is 122 Å². The third kappa shape index (κ3) is 4.39. The summed E-state index contributed by atoms with van der Waals surface area (Å²) in [4.78, 5) is 2.39. The minimum Gasteiger partial charge on any atom is -0.454 e. The van der Waals surface area contributed by atoms with Crippen molar-refractivity contribution in [3.05, 3.63) is 23.8 Å². The van der Waals surface area contributed by atoms with Crippen LogP contribution in [0.2, 0.25) is 0 Å². The quantitative estimate of drug-likeness (QED) is 0.741. The van der Waals surface area contributed by atoms with Crippen LogP contribution >= 0.6 is 0 Å². The Balaban J connectivity index is 1.59. The van der Waals surface area contributed by atoms with Crippen molar-refractivity contribution in [1.29, 1.82) is 0 Å². The second-order valence-electron chi connectivity index (χ2n) is 5.65. The lowest BCUT2D eigenvalue weighted by Gasteiger charge is -2.20. The Kier molecular flexibility index (Phi) is 5.68. The van der Waals surface area contributed by atoms with Crippen LogP contribution in [0.4, 0.5) is 0 Å². The van der Waals surface area contributed by atoms with Gasteiger partial charge in [-0.2, -0.15) is 0 Å². The van der Waals surface area contributed by atoms with Crippen LogP contribution in [0.5, 0.6) is 11.5 Å². The van der Waals surface area contributed by atoms with Gasteiger partial charge in [-0.3, -0.25) is 0 Å². The molecule has 0 aromatic heterocycles. The van der Waals surface area contributed by atoms with Gasteiger partial charge in [-0.15, -0.1) is 0 Å². The van der Waals surface area contributed by atoms with E-state index in [-0.39, 0.29) is 0 Å². The van der Waals surface area contributed by atoms with Crippen molar-refractivity contribution in [1.82, 2.24) is 10.2 Å². The van der Waals surface area contributed by atoms with Gasteiger partial charge in [-0.05, 0) is 64.5 Å². The van der Waals surface area contributed by atoms with Crippen LogP contribution in [0, 0.1) is 0 Å². The number of rotatable bonds is 8. The first kappa shape index (κ1) is 15.1. The topological polar surface area (TPSA) is 33.7 Å². The van der Waals surface area contributed by atoms with Crippen LogP contribution < -0.4 is 14.8 Å². The molecular formula is C16H26N2O2. The molecule has 20 heavy (non-hydrogen) atoms. The molecule has 4 heteroatoms. The highest BCUT2D eigenvalue weighted by molar-refractivity contribution is 5.44. The third-order valence-electron chi connectivity index (χ3n) is 3.76. The second kappa shape index (κ2) is 7.50.